The number of hydrogen-bond acceptors (Lipinski definition) is 7. The molecule has 0 fully saturated rings. The van der Waals surface area contributed by atoms with Crippen LogP contribution in [0.2, 0.25) is 5.02 Å². The van der Waals surface area contributed by atoms with E-state index in [-0.39, 0.29) is 16.3 Å². The third-order valence-electron chi connectivity index (χ3n) is 4.52. The number of nitrogens with zero attached hydrogens (tertiary/aromatic N) is 1. The molecule has 0 aliphatic rings. The first-order valence-electron chi connectivity index (χ1n) is 9.46. The number of rotatable bonds is 8. The number of Topliss-reactive ketones (excluding diaryl/α,β-unsaturated/α-hetero) is 1. The van der Waals surface area contributed by atoms with Crippen LogP contribution < -0.4 is 4.72 Å². The quantitative estimate of drug-likeness (QED) is 0.214. The molecule has 3 aromatic rings. The maximum atomic E-state index is 12.9. The zero-order valence-electron chi connectivity index (χ0n) is 17.1. The van der Waals surface area contributed by atoms with Crippen LogP contribution in [0.25, 0.3) is 0 Å². The van der Waals surface area contributed by atoms with Crippen LogP contribution in [0, 0.1) is 10.1 Å². The lowest BCUT2D eigenvalue weighted by molar-refractivity contribution is -0.385. The van der Waals surface area contributed by atoms with Crippen molar-refractivity contribution in [3.8, 4) is 0 Å². The summed E-state index contributed by atoms with van der Waals surface area (Å²) in [4.78, 5) is 34.9. The number of para-hydroxylation sites is 1. The monoisotopic (exact) mass is 488 g/mol. The minimum absolute atomic E-state index is 0.149. The SMILES string of the molecule is C[C@@H](OC(=O)c1ccccc1NS(=O)(=O)c1cc([N+](=O)[O-])ccc1Cl)C(=O)c1ccccc1. The van der Waals surface area contributed by atoms with Gasteiger partial charge >= 0.3 is 5.97 Å². The summed E-state index contributed by atoms with van der Waals surface area (Å²) in [7, 11) is -4.40. The first kappa shape index (κ1) is 23.9. The molecule has 0 aromatic heterocycles. The number of ether oxygens (including phenoxy) is 1. The van der Waals surface area contributed by atoms with Crippen molar-refractivity contribution in [2.45, 2.75) is 17.9 Å². The van der Waals surface area contributed by atoms with Gasteiger partial charge in [0.2, 0.25) is 5.78 Å². The van der Waals surface area contributed by atoms with Gasteiger partial charge in [0, 0.05) is 17.7 Å². The second-order valence-corrected chi connectivity index (χ2v) is 8.86. The van der Waals surface area contributed by atoms with Crippen molar-refractivity contribution in [3.05, 3.63) is 99.1 Å². The van der Waals surface area contributed by atoms with Crippen molar-refractivity contribution in [1.82, 2.24) is 0 Å². The molecule has 0 aliphatic heterocycles. The molecule has 0 spiro atoms. The zero-order valence-corrected chi connectivity index (χ0v) is 18.7. The molecule has 3 rings (SSSR count). The number of carbonyl (C=O) groups is 2. The number of anilines is 1. The number of hydrogen-bond donors (Lipinski definition) is 1. The van der Waals surface area contributed by atoms with Gasteiger partial charge in [-0.2, -0.15) is 0 Å². The van der Waals surface area contributed by atoms with Crippen LogP contribution in [0.4, 0.5) is 11.4 Å². The minimum Gasteiger partial charge on any atom is -0.451 e. The molecule has 0 aliphatic carbocycles. The predicted molar refractivity (Wildman–Crippen MR) is 121 cm³/mol. The zero-order chi connectivity index (χ0) is 24.2. The highest BCUT2D eigenvalue weighted by molar-refractivity contribution is 7.92. The second kappa shape index (κ2) is 9.80. The second-order valence-electron chi connectivity index (χ2n) is 6.80. The van der Waals surface area contributed by atoms with Crippen molar-refractivity contribution in [1.29, 1.82) is 0 Å². The molecule has 0 saturated carbocycles. The fraction of sp³-hybridized carbons (Fsp3) is 0.0909. The van der Waals surface area contributed by atoms with Gasteiger partial charge in [0.1, 0.15) is 4.90 Å². The molecule has 11 heteroatoms. The van der Waals surface area contributed by atoms with E-state index in [2.05, 4.69) is 4.72 Å². The summed E-state index contributed by atoms with van der Waals surface area (Å²) in [6, 6.07) is 16.8. The Kier molecular flexibility index (Phi) is 7.10. The number of non-ortho nitro benzene ring substituents is 1. The molecule has 0 heterocycles. The first-order chi connectivity index (χ1) is 15.6. The van der Waals surface area contributed by atoms with Crippen LogP contribution in [-0.4, -0.2) is 31.2 Å². The Morgan fingerprint density at radius 3 is 2.33 bits per heavy atom. The van der Waals surface area contributed by atoms with Gasteiger partial charge in [-0.1, -0.05) is 54.1 Å². The summed E-state index contributed by atoms with van der Waals surface area (Å²) < 4.78 is 33.2. The Morgan fingerprint density at radius 2 is 1.67 bits per heavy atom. The Morgan fingerprint density at radius 1 is 1.03 bits per heavy atom. The number of halogens is 1. The minimum atomic E-state index is -4.40. The molecule has 0 unspecified atom stereocenters. The van der Waals surface area contributed by atoms with Gasteiger partial charge in [-0.05, 0) is 25.1 Å². The van der Waals surface area contributed by atoms with E-state index in [1.807, 2.05) is 0 Å². The van der Waals surface area contributed by atoms with Gasteiger partial charge in [0.05, 0.1) is 21.2 Å². The van der Waals surface area contributed by atoms with Gasteiger partial charge in [0.25, 0.3) is 15.7 Å². The van der Waals surface area contributed by atoms with Crippen LogP contribution in [-0.2, 0) is 14.8 Å². The maximum absolute atomic E-state index is 12.9. The van der Waals surface area contributed by atoms with E-state index in [4.69, 9.17) is 16.3 Å². The molecule has 170 valence electrons. The number of carbonyl (C=O) groups excluding carboxylic acids is 2. The molecule has 9 nitrogen and oxygen atoms in total. The molecule has 33 heavy (non-hydrogen) atoms. The third kappa shape index (κ3) is 5.54. The van der Waals surface area contributed by atoms with E-state index >= 15 is 0 Å². The maximum Gasteiger partial charge on any atom is 0.340 e. The van der Waals surface area contributed by atoms with Gasteiger partial charge < -0.3 is 4.74 Å². The number of sulfonamides is 1. The predicted octanol–water partition coefficient (Wildman–Crippen LogP) is 4.48. The molecule has 3 aromatic carbocycles. The lowest BCUT2D eigenvalue weighted by Crippen LogP contribution is -2.25. The third-order valence-corrected chi connectivity index (χ3v) is 6.36. The fourth-order valence-electron chi connectivity index (χ4n) is 2.88. The smallest absolute Gasteiger partial charge is 0.340 e. The van der Waals surface area contributed by atoms with E-state index < -0.39 is 43.4 Å². The molecule has 1 N–H and O–H groups in total. The van der Waals surface area contributed by atoms with Crippen LogP contribution >= 0.6 is 11.6 Å². The van der Waals surface area contributed by atoms with E-state index in [9.17, 15) is 28.1 Å². The topological polar surface area (TPSA) is 133 Å². The Balaban J connectivity index is 1.86. The molecule has 1 atom stereocenters. The lowest BCUT2D eigenvalue weighted by atomic mass is 10.1. The summed E-state index contributed by atoms with van der Waals surface area (Å²) in [5.74, 6) is -1.36. The molecular formula is C22H17ClN2O7S. The number of nitro benzene ring substituents is 1. The molecular weight excluding hydrogens is 472 g/mol. The summed E-state index contributed by atoms with van der Waals surface area (Å²) >= 11 is 5.95. The van der Waals surface area contributed by atoms with Crippen molar-refractivity contribution in [2.75, 3.05) is 4.72 Å². The standard InChI is InChI=1S/C22H17ClN2O7S/c1-14(21(26)15-7-3-2-4-8-15)32-22(27)17-9-5-6-10-19(17)24-33(30,31)20-13-16(25(28)29)11-12-18(20)23/h2-14,24H,1H3/t14-/m1/s1. The van der Waals surface area contributed by atoms with E-state index in [0.717, 1.165) is 18.2 Å². The molecule has 0 bridgehead atoms. The summed E-state index contributed by atoms with van der Waals surface area (Å²) in [6.07, 6.45) is -1.13. The summed E-state index contributed by atoms with van der Waals surface area (Å²) in [5.41, 5.74) is -0.424. The van der Waals surface area contributed by atoms with Crippen molar-refractivity contribution >= 4 is 44.8 Å². The van der Waals surface area contributed by atoms with Crippen molar-refractivity contribution in [3.63, 3.8) is 0 Å². The first-order valence-corrected chi connectivity index (χ1v) is 11.3. The average molecular weight is 489 g/mol. The Bertz CT molecular complexity index is 1330. The molecule has 0 radical (unpaired) electrons. The Labute approximate surface area is 194 Å². The van der Waals surface area contributed by atoms with E-state index in [1.54, 1.807) is 30.3 Å². The highest BCUT2D eigenvalue weighted by Crippen LogP contribution is 2.29. The van der Waals surface area contributed by atoms with Gasteiger partial charge in [-0.25, -0.2) is 13.2 Å². The number of nitro groups is 1. The summed E-state index contributed by atoms with van der Waals surface area (Å²) in [6.45, 7) is 1.41. The number of esters is 1. The Hall–Kier alpha value is -3.76. The molecule has 0 saturated heterocycles. The fourth-order valence-corrected chi connectivity index (χ4v) is 4.48. The highest BCUT2D eigenvalue weighted by atomic mass is 35.5. The van der Waals surface area contributed by atoms with E-state index in [0.29, 0.717) is 5.56 Å². The van der Waals surface area contributed by atoms with Crippen LogP contribution in [0.5, 0.6) is 0 Å². The van der Waals surface area contributed by atoms with E-state index in [1.165, 1.54) is 31.2 Å². The van der Waals surface area contributed by atoms with Crippen LogP contribution in [0.15, 0.2) is 77.7 Å². The summed E-state index contributed by atoms with van der Waals surface area (Å²) in [5, 5.41) is 10.8. The van der Waals surface area contributed by atoms with Gasteiger partial charge in [-0.15, -0.1) is 0 Å². The van der Waals surface area contributed by atoms with Gasteiger partial charge in [-0.3, -0.25) is 19.6 Å². The average Bonchev–Trinajstić information content (AvgIpc) is 2.79. The van der Waals surface area contributed by atoms with Gasteiger partial charge in [0.15, 0.2) is 6.10 Å². The van der Waals surface area contributed by atoms with Crippen LogP contribution in [0.3, 0.4) is 0 Å². The lowest BCUT2D eigenvalue weighted by Gasteiger charge is -2.15. The van der Waals surface area contributed by atoms with Crippen LogP contribution in [0.1, 0.15) is 27.6 Å². The normalized spacial score (nSPS) is 11.9. The largest absolute Gasteiger partial charge is 0.451 e. The van der Waals surface area contributed by atoms with Crippen molar-refractivity contribution < 1.29 is 27.7 Å². The van der Waals surface area contributed by atoms with Crippen molar-refractivity contribution in [2.24, 2.45) is 0 Å². The number of nitrogens with one attached hydrogen (secondary N) is 1. The highest BCUT2D eigenvalue weighted by Gasteiger charge is 2.26. The number of ketones is 1. The number of benzene rings is 3. The molecule has 0 amide bonds.